The lowest BCUT2D eigenvalue weighted by Gasteiger charge is -2.42. The fourth-order valence-corrected chi connectivity index (χ4v) is 5.65. The summed E-state index contributed by atoms with van der Waals surface area (Å²) in [5.74, 6) is -4.71. The first-order valence-corrected chi connectivity index (χ1v) is 15.9. The average Bonchev–Trinajstić information content (AvgIpc) is 3.12. The second kappa shape index (κ2) is 15.3. The Hall–Kier alpha value is -5.44. The summed E-state index contributed by atoms with van der Waals surface area (Å²) in [5, 5.41) is 102. The van der Waals surface area contributed by atoms with Gasteiger partial charge < -0.3 is 79.2 Å². The lowest BCUT2D eigenvalue weighted by atomic mass is 9.98. The summed E-state index contributed by atoms with van der Waals surface area (Å²) < 4.78 is 33.8. The molecule has 0 amide bonds. The van der Waals surface area contributed by atoms with Gasteiger partial charge in [-0.25, -0.2) is 4.79 Å². The standard InChI is InChI=1S/C35H34O18/c36-16-5-1-14(2-6-16)3-8-24(42)52-33-29(46)27(44)23(13-49-34-30(47)26(43)21(41)12-48-34)51-35(33)53-32-28(45)25-20(40)10-17(37)11-22(25)50-31(32)15-4-7-18(38)19(39)9-15/h1-11,21,23,26-27,29-30,33-41,43-44,46-47H,12-13H2. The maximum atomic E-state index is 14.0. The van der Waals surface area contributed by atoms with Gasteiger partial charge in [0.2, 0.25) is 17.5 Å². The second-order valence-electron chi connectivity index (χ2n) is 12.2. The zero-order valence-electron chi connectivity index (χ0n) is 27.2. The van der Waals surface area contributed by atoms with Gasteiger partial charge in [0.05, 0.1) is 13.2 Å². The van der Waals surface area contributed by atoms with Crippen molar-refractivity contribution in [3.05, 3.63) is 76.5 Å². The Kier molecular flexibility index (Phi) is 10.8. The monoisotopic (exact) mass is 742 g/mol. The molecule has 282 valence electrons. The first-order chi connectivity index (χ1) is 25.2. The first kappa shape index (κ1) is 37.3. The van der Waals surface area contributed by atoms with Crippen molar-refractivity contribution < 1.29 is 84.0 Å². The highest BCUT2D eigenvalue weighted by Gasteiger charge is 2.49. The maximum Gasteiger partial charge on any atom is 0.331 e. The van der Waals surface area contributed by atoms with E-state index in [0.717, 1.165) is 30.3 Å². The van der Waals surface area contributed by atoms with E-state index >= 15 is 0 Å². The summed E-state index contributed by atoms with van der Waals surface area (Å²) in [6, 6.07) is 10.9. The van der Waals surface area contributed by atoms with E-state index in [9.17, 15) is 60.7 Å². The molecule has 9 atom stereocenters. The van der Waals surface area contributed by atoms with Crippen molar-refractivity contribution in [2.24, 2.45) is 0 Å². The van der Waals surface area contributed by atoms with Gasteiger partial charge in [0.15, 0.2) is 29.7 Å². The maximum absolute atomic E-state index is 14.0. The van der Waals surface area contributed by atoms with E-state index in [4.69, 9.17) is 28.1 Å². The quantitative estimate of drug-likeness (QED) is 0.0608. The van der Waals surface area contributed by atoms with Crippen LogP contribution in [0.3, 0.4) is 0 Å². The number of carbonyl (C=O) groups excluding carboxylic acids is 1. The first-order valence-electron chi connectivity index (χ1n) is 15.9. The van der Waals surface area contributed by atoms with Crippen molar-refractivity contribution in [1.82, 2.24) is 0 Å². The van der Waals surface area contributed by atoms with Crippen LogP contribution in [0.4, 0.5) is 0 Å². The number of aromatic hydroxyl groups is 5. The topological polar surface area (TPSA) is 296 Å². The third kappa shape index (κ3) is 7.84. The third-order valence-corrected chi connectivity index (χ3v) is 8.47. The molecule has 4 aromatic rings. The molecular formula is C35H34O18. The summed E-state index contributed by atoms with van der Waals surface area (Å²) in [5.41, 5.74) is -1.03. The number of aliphatic hydroxyl groups excluding tert-OH is 5. The molecule has 2 aliphatic heterocycles. The molecule has 18 heteroatoms. The summed E-state index contributed by atoms with van der Waals surface area (Å²) >= 11 is 0. The Morgan fingerprint density at radius 1 is 0.792 bits per heavy atom. The predicted molar refractivity (Wildman–Crippen MR) is 177 cm³/mol. The Morgan fingerprint density at radius 2 is 1.53 bits per heavy atom. The van der Waals surface area contributed by atoms with Crippen LogP contribution in [0.15, 0.2) is 69.9 Å². The van der Waals surface area contributed by atoms with Crippen molar-refractivity contribution in [2.75, 3.05) is 13.2 Å². The van der Waals surface area contributed by atoms with E-state index in [1.807, 2.05) is 0 Å². The molecule has 9 unspecified atom stereocenters. The normalized spacial score (nSPS) is 27.5. The highest BCUT2D eigenvalue weighted by Crippen LogP contribution is 2.40. The van der Waals surface area contributed by atoms with E-state index in [1.54, 1.807) is 0 Å². The van der Waals surface area contributed by atoms with Gasteiger partial charge in [-0.3, -0.25) is 4.79 Å². The van der Waals surface area contributed by atoms with Gasteiger partial charge in [-0.2, -0.15) is 0 Å². The number of rotatable bonds is 9. The number of aliphatic hydroxyl groups is 5. The van der Waals surface area contributed by atoms with Gasteiger partial charge in [0, 0.05) is 23.8 Å². The lowest BCUT2D eigenvalue weighted by Crippen LogP contribution is -2.62. The van der Waals surface area contributed by atoms with Crippen LogP contribution in [-0.4, -0.2) is 126 Å². The molecule has 0 radical (unpaired) electrons. The molecule has 2 aliphatic rings. The van der Waals surface area contributed by atoms with Crippen molar-refractivity contribution in [3.63, 3.8) is 0 Å². The summed E-state index contributed by atoms with van der Waals surface area (Å²) in [7, 11) is 0. The molecule has 2 fully saturated rings. The van der Waals surface area contributed by atoms with Crippen LogP contribution < -0.4 is 10.2 Å². The molecule has 53 heavy (non-hydrogen) atoms. The zero-order valence-corrected chi connectivity index (χ0v) is 27.2. The minimum atomic E-state index is -2.02. The van der Waals surface area contributed by atoms with Gasteiger partial charge in [0.25, 0.3) is 0 Å². The Balaban J connectivity index is 1.37. The Labute approximate surface area is 297 Å². The molecule has 0 saturated carbocycles. The lowest BCUT2D eigenvalue weighted by molar-refractivity contribution is -0.308. The number of carbonyl (C=O) groups is 1. The fraction of sp³-hybridized carbons (Fsp3) is 0.314. The van der Waals surface area contributed by atoms with Crippen LogP contribution in [0.5, 0.6) is 34.5 Å². The van der Waals surface area contributed by atoms with Crippen LogP contribution in [0.1, 0.15) is 5.56 Å². The van der Waals surface area contributed by atoms with Gasteiger partial charge in [-0.05, 0) is 42.0 Å². The molecule has 18 nitrogen and oxygen atoms in total. The van der Waals surface area contributed by atoms with Crippen molar-refractivity contribution >= 4 is 23.0 Å². The van der Waals surface area contributed by atoms with E-state index < -0.39 is 120 Å². The summed E-state index contributed by atoms with van der Waals surface area (Å²) in [6.07, 6.45) is -13.4. The molecular weight excluding hydrogens is 708 g/mol. The van der Waals surface area contributed by atoms with Crippen LogP contribution >= 0.6 is 0 Å². The molecule has 2 saturated heterocycles. The highest BCUT2D eigenvalue weighted by molar-refractivity contribution is 5.89. The largest absolute Gasteiger partial charge is 0.508 e. The van der Waals surface area contributed by atoms with Crippen LogP contribution in [0.25, 0.3) is 28.4 Å². The minimum absolute atomic E-state index is 0.0248. The average molecular weight is 743 g/mol. The predicted octanol–water partition coefficient (Wildman–Crippen LogP) is -0.106. The molecule has 0 aliphatic carbocycles. The SMILES string of the molecule is O=C(C=Cc1ccc(O)cc1)OC1C(Oc2c(-c3ccc(O)c(O)c3)oc3cc(O)cc(O)c3c2=O)OC(COC2OCC(O)C(O)C2O)C(O)C1O. The minimum Gasteiger partial charge on any atom is -0.508 e. The summed E-state index contributed by atoms with van der Waals surface area (Å²) in [6.45, 7) is -1.09. The molecule has 6 rings (SSSR count). The van der Waals surface area contributed by atoms with E-state index in [0.29, 0.717) is 5.56 Å². The molecule has 0 spiro atoms. The van der Waals surface area contributed by atoms with Crippen LogP contribution in [0.2, 0.25) is 0 Å². The number of fused-ring (bicyclic) bond motifs is 1. The number of benzene rings is 3. The zero-order chi connectivity index (χ0) is 38.1. The summed E-state index contributed by atoms with van der Waals surface area (Å²) in [4.78, 5) is 27.0. The molecule has 10 N–H and O–H groups in total. The van der Waals surface area contributed by atoms with Crippen molar-refractivity contribution in [2.45, 2.75) is 55.3 Å². The van der Waals surface area contributed by atoms with E-state index in [2.05, 4.69) is 0 Å². The third-order valence-electron chi connectivity index (χ3n) is 8.47. The van der Waals surface area contributed by atoms with Crippen molar-refractivity contribution in [1.29, 1.82) is 0 Å². The second-order valence-corrected chi connectivity index (χ2v) is 12.2. The fourth-order valence-electron chi connectivity index (χ4n) is 5.65. The van der Waals surface area contributed by atoms with Gasteiger partial charge in [0.1, 0.15) is 64.8 Å². The van der Waals surface area contributed by atoms with Crippen molar-refractivity contribution in [3.8, 4) is 45.8 Å². The van der Waals surface area contributed by atoms with E-state index in [-0.39, 0.29) is 16.9 Å². The Morgan fingerprint density at radius 3 is 2.25 bits per heavy atom. The van der Waals surface area contributed by atoms with Gasteiger partial charge in [-0.1, -0.05) is 12.1 Å². The molecule has 0 bridgehead atoms. The molecule has 3 aromatic carbocycles. The number of phenolic OH excluding ortho intramolecular Hbond substituents is 5. The number of hydrogen-bond acceptors (Lipinski definition) is 18. The van der Waals surface area contributed by atoms with Gasteiger partial charge in [-0.15, -0.1) is 0 Å². The number of ether oxygens (including phenoxy) is 5. The number of hydrogen-bond donors (Lipinski definition) is 10. The van der Waals surface area contributed by atoms with Gasteiger partial charge >= 0.3 is 5.97 Å². The number of phenols is 5. The smallest absolute Gasteiger partial charge is 0.331 e. The Bertz CT molecular complexity index is 2040. The molecule has 1 aromatic heterocycles. The van der Waals surface area contributed by atoms with E-state index in [1.165, 1.54) is 36.4 Å². The van der Waals surface area contributed by atoms with Crippen LogP contribution in [-0.2, 0) is 23.7 Å². The molecule has 3 heterocycles. The number of esters is 1. The van der Waals surface area contributed by atoms with Crippen LogP contribution in [0, 0.1) is 0 Å². The highest BCUT2D eigenvalue weighted by atomic mass is 16.7.